The maximum Gasteiger partial charge on any atom is 0.0854 e. The van der Waals surface area contributed by atoms with Crippen LogP contribution in [0.25, 0.3) is 10.8 Å². The third-order valence-corrected chi connectivity index (χ3v) is 2.84. The van der Waals surface area contributed by atoms with E-state index in [4.69, 9.17) is 11.5 Å². The van der Waals surface area contributed by atoms with Crippen LogP contribution < -0.4 is 11.5 Å². The summed E-state index contributed by atoms with van der Waals surface area (Å²) < 4.78 is 0. The van der Waals surface area contributed by atoms with Crippen molar-refractivity contribution in [1.82, 2.24) is 0 Å². The minimum atomic E-state index is -0.703. The fraction of sp³-hybridized carbons (Fsp3) is 0.231. The molecule has 0 aliphatic heterocycles. The number of benzene rings is 2. The zero-order valence-corrected chi connectivity index (χ0v) is 9.01. The maximum atomic E-state index is 9.69. The van der Waals surface area contributed by atoms with E-state index in [-0.39, 0.29) is 6.54 Å². The van der Waals surface area contributed by atoms with E-state index in [1.165, 1.54) is 0 Å². The molecule has 2 atom stereocenters. The average molecular weight is 216 g/mol. The van der Waals surface area contributed by atoms with Gasteiger partial charge in [0.2, 0.25) is 0 Å². The number of hydrogen-bond donors (Lipinski definition) is 3. The van der Waals surface area contributed by atoms with Crippen LogP contribution in [-0.2, 0) is 0 Å². The van der Waals surface area contributed by atoms with Crippen LogP contribution in [0.4, 0.5) is 0 Å². The van der Waals surface area contributed by atoms with Crippen molar-refractivity contribution in [3.63, 3.8) is 0 Å². The van der Waals surface area contributed by atoms with E-state index >= 15 is 0 Å². The van der Waals surface area contributed by atoms with Gasteiger partial charge in [-0.1, -0.05) is 42.5 Å². The molecule has 2 rings (SSSR count). The number of nitrogens with two attached hydrogens (primary N) is 2. The summed E-state index contributed by atoms with van der Waals surface area (Å²) in [7, 11) is 0. The van der Waals surface area contributed by atoms with Crippen LogP contribution in [0.5, 0.6) is 0 Å². The molecule has 84 valence electrons. The normalized spacial score (nSPS) is 14.9. The van der Waals surface area contributed by atoms with Crippen LogP contribution in [0, 0.1) is 0 Å². The number of aliphatic hydroxyl groups excluding tert-OH is 1. The first-order chi connectivity index (χ1) is 7.74. The third-order valence-electron chi connectivity index (χ3n) is 2.84. The zero-order chi connectivity index (χ0) is 11.5. The quantitative estimate of drug-likeness (QED) is 0.721. The van der Waals surface area contributed by atoms with Gasteiger partial charge in [-0.05, 0) is 16.3 Å². The molecule has 16 heavy (non-hydrogen) atoms. The summed E-state index contributed by atoms with van der Waals surface area (Å²) in [5.74, 6) is 0. The van der Waals surface area contributed by atoms with E-state index in [1.54, 1.807) is 0 Å². The predicted molar refractivity (Wildman–Crippen MR) is 65.9 cm³/mol. The molecule has 0 spiro atoms. The number of fused-ring (bicyclic) bond motifs is 1. The lowest BCUT2D eigenvalue weighted by Gasteiger charge is -2.19. The Hall–Kier alpha value is -1.42. The van der Waals surface area contributed by atoms with Gasteiger partial charge in [0.15, 0.2) is 0 Å². The molecular formula is C13H16N2O. The highest BCUT2D eigenvalue weighted by Crippen LogP contribution is 2.24. The Labute approximate surface area is 94.7 Å². The molecule has 5 N–H and O–H groups in total. The van der Waals surface area contributed by atoms with Crippen LogP contribution in [0.3, 0.4) is 0 Å². The summed E-state index contributed by atoms with van der Waals surface area (Å²) in [5, 5.41) is 11.9. The molecule has 0 amide bonds. The van der Waals surface area contributed by atoms with Gasteiger partial charge < -0.3 is 16.6 Å². The van der Waals surface area contributed by atoms with Crippen molar-refractivity contribution in [1.29, 1.82) is 0 Å². The molecule has 0 saturated heterocycles. The number of hydrogen-bond acceptors (Lipinski definition) is 3. The van der Waals surface area contributed by atoms with Crippen molar-refractivity contribution in [2.45, 2.75) is 12.1 Å². The Morgan fingerprint density at radius 2 is 1.75 bits per heavy atom. The summed E-state index contributed by atoms with van der Waals surface area (Å²) in [6, 6.07) is 13.5. The Bertz CT molecular complexity index is 479. The SMILES string of the molecule is NCC(O)C(N)c1cccc2ccccc12. The van der Waals surface area contributed by atoms with Crippen molar-refractivity contribution < 1.29 is 5.11 Å². The van der Waals surface area contributed by atoms with E-state index in [1.807, 2.05) is 42.5 Å². The smallest absolute Gasteiger partial charge is 0.0854 e. The van der Waals surface area contributed by atoms with Gasteiger partial charge in [0.25, 0.3) is 0 Å². The lowest BCUT2D eigenvalue weighted by molar-refractivity contribution is 0.153. The van der Waals surface area contributed by atoms with Crippen LogP contribution >= 0.6 is 0 Å². The second kappa shape index (κ2) is 4.61. The summed E-state index contributed by atoms with van der Waals surface area (Å²) in [5.41, 5.74) is 12.4. The number of aliphatic hydroxyl groups is 1. The van der Waals surface area contributed by atoms with Gasteiger partial charge in [0.05, 0.1) is 12.1 Å². The van der Waals surface area contributed by atoms with Gasteiger partial charge in [-0.3, -0.25) is 0 Å². The first-order valence-corrected chi connectivity index (χ1v) is 5.35. The first kappa shape index (κ1) is 11.1. The largest absolute Gasteiger partial charge is 0.390 e. The van der Waals surface area contributed by atoms with Gasteiger partial charge in [0, 0.05) is 6.54 Å². The molecule has 2 aromatic rings. The van der Waals surface area contributed by atoms with Crippen molar-refractivity contribution in [2.75, 3.05) is 6.54 Å². The van der Waals surface area contributed by atoms with E-state index in [0.717, 1.165) is 16.3 Å². The summed E-state index contributed by atoms with van der Waals surface area (Å²) in [6.07, 6.45) is -0.703. The molecule has 3 nitrogen and oxygen atoms in total. The van der Waals surface area contributed by atoms with E-state index in [9.17, 15) is 5.11 Å². The molecule has 0 aliphatic rings. The molecule has 2 unspecified atom stereocenters. The standard InChI is InChI=1S/C13H16N2O/c14-8-12(16)13(15)11-7-3-5-9-4-1-2-6-10(9)11/h1-7,12-13,16H,8,14-15H2. The Balaban J connectivity index is 2.52. The fourth-order valence-corrected chi connectivity index (χ4v) is 1.90. The first-order valence-electron chi connectivity index (χ1n) is 5.35. The molecule has 3 heteroatoms. The molecule has 0 radical (unpaired) electrons. The van der Waals surface area contributed by atoms with Crippen molar-refractivity contribution in [3.8, 4) is 0 Å². The van der Waals surface area contributed by atoms with E-state index in [2.05, 4.69) is 0 Å². The van der Waals surface area contributed by atoms with Gasteiger partial charge in [-0.25, -0.2) is 0 Å². The highest BCUT2D eigenvalue weighted by molar-refractivity contribution is 5.86. The molecular weight excluding hydrogens is 200 g/mol. The second-order valence-corrected chi connectivity index (χ2v) is 3.90. The lowest BCUT2D eigenvalue weighted by atomic mass is 9.96. The van der Waals surface area contributed by atoms with Crippen LogP contribution in [0.15, 0.2) is 42.5 Å². The van der Waals surface area contributed by atoms with Gasteiger partial charge >= 0.3 is 0 Å². The van der Waals surface area contributed by atoms with Crippen LogP contribution in [0.1, 0.15) is 11.6 Å². The monoisotopic (exact) mass is 216 g/mol. The molecule has 0 saturated carbocycles. The van der Waals surface area contributed by atoms with Crippen molar-refractivity contribution in [2.24, 2.45) is 11.5 Å². The van der Waals surface area contributed by atoms with Crippen molar-refractivity contribution in [3.05, 3.63) is 48.0 Å². The van der Waals surface area contributed by atoms with Crippen LogP contribution in [-0.4, -0.2) is 17.8 Å². The Morgan fingerprint density at radius 1 is 1.06 bits per heavy atom. The van der Waals surface area contributed by atoms with E-state index in [0.29, 0.717) is 0 Å². The topological polar surface area (TPSA) is 72.3 Å². The molecule has 0 heterocycles. The summed E-state index contributed by atoms with van der Waals surface area (Å²) >= 11 is 0. The highest BCUT2D eigenvalue weighted by Gasteiger charge is 2.16. The highest BCUT2D eigenvalue weighted by atomic mass is 16.3. The zero-order valence-electron chi connectivity index (χ0n) is 9.01. The predicted octanol–water partition coefficient (Wildman–Crippen LogP) is 1.16. The van der Waals surface area contributed by atoms with E-state index < -0.39 is 12.1 Å². The average Bonchev–Trinajstić information content (AvgIpc) is 2.36. The maximum absolute atomic E-state index is 9.69. The third kappa shape index (κ3) is 1.93. The second-order valence-electron chi connectivity index (χ2n) is 3.90. The minimum absolute atomic E-state index is 0.171. The number of rotatable bonds is 3. The Kier molecular flexibility index (Phi) is 3.19. The fourth-order valence-electron chi connectivity index (χ4n) is 1.90. The molecule has 0 fully saturated rings. The van der Waals surface area contributed by atoms with Gasteiger partial charge in [-0.15, -0.1) is 0 Å². The molecule has 2 aromatic carbocycles. The molecule has 0 bridgehead atoms. The van der Waals surface area contributed by atoms with Crippen molar-refractivity contribution >= 4 is 10.8 Å². The molecule has 0 aliphatic carbocycles. The Morgan fingerprint density at radius 3 is 2.50 bits per heavy atom. The van der Waals surface area contributed by atoms with Crippen LogP contribution in [0.2, 0.25) is 0 Å². The lowest BCUT2D eigenvalue weighted by Crippen LogP contribution is -2.32. The van der Waals surface area contributed by atoms with Gasteiger partial charge in [-0.2, -0.15) is 0 Å². The minimum Gasteiger partial charge on any atom is -0.390 e. The summed E-state index contributed by atoms with van der Waals surface area (Å²) in [6.45, 7) is 0.171. The summed E-state index contributed by atoms with van der Waals surface area (Å²) in [4.78, 5) is 0. The van der Waals surface area contributed by atoms with Gasteiger partial charge in [0.1, 0.15) is 0 Å². The molecule has 0 aromatic heterocycles.